The fourth-order valence-corrected chi connectivity index (χ4v) is 3.45. The minimum atomic E-state index is -0.361. The number of esters is 1. The fraction of sp³-hybridized carbons (Fsp3) is 0.733. The van der Waals surface area contributed by atoms with Crippen LogP contribution < -0.4 is 5.32 Å². The molecular formula is C15H22N2O3. The molecule has 2 heterocycles. The van der Waals surface area contributed by atoms with Crippen LogP contribution in [0.4, 0.5) is 0 Å². The zero-order valence-electron chi connectivity index (χ0n) is 12.3. The zero-order valence-corrected chi connectivity index (χ0v) is 12.3. The van der Waals surface area contributed by atoms with E-state index in [4.69, 9.17) is 9.26 Å². The molecule has 3 rings (SSSR count). The maximum atomic E-state index is 11.9. The SMILES string of the molecule is COC(=O)C(c1cc(C2CC3(CNC3)C2)no1)C(C)C. The van der Waals surface area contributed by atoms with Crippen molar-refractivity contribution in [3.05, 3.63) is 17.5 Å². The summed E-state index contributed by atoms with van der Waals surface area (Å²) >= 11 is 0. The summed E-state index contributed by atoms with van der Waals surface area (Å²) in [7, 11) is 1.41. The normalized spacial score (nSPS) is 22.4. The summed E-state index contributed by atoms with van der Waals surface area (Å²) in [6, 6.07) is 1.95. The molecule has 1 atom stereocenters. The van der Waals surface area contributed by atoms with Crippen molar-refractivity contribution in [2.45, 2.75) is 38.5 Å². The number of hydrogen-bond donors (Lipinski definition) is 1. The van der Waals surface area contributed by atoms with Crippen LogP contribution in [0.5, 0.6) is 0 Å². The Morgan fingerprint density at radius 1 is 1.50 bits per heavy atom. The van der Waals surface area contributed by atoms with Gasteiger partial charge in [-0.1, -0.05) is 19.0 Å². The van der Waals surface area contributed by atoms with Crippen LogP contribution in [0, 0.1) is 11.3 Å². The first-order valence-electron chi connectivity index (χ1n) is 7.30. The molecule has 0 radical (unpaired) electrons. The maximum Gasteiger partial charge on any atom is 0.316 e. The van der Waals surface area contributed by atoms with Gasteiger partial charge in [-0.2, -0.15) is 0 Å². The average molecular weight is 278 g/mol. The van der Waals surface area contributed by atoms with E-state index in [1.165, 1.54) is 20.0 Å². The lowest BCUT2D eigenvalue weighted by atomic mass is 9.58. The molecule has 1 saturated heterocycles. The number of methoxy groups -OCH3 is 1. The number of aromatic nitrogens is 1. The van der Waals surface area contributed by atoms with E-state index in [-0.39, 0.29) is 17.8 Å². The first kappa shape index (κ1) is 13.6. The third-order valence-corrected chi connectivity index (χ3v) is 4.75. The van der Waals surface area contributed by atoms with Crippen molar-refractivity contribution in [2.24, 2.45) is 11.3 Å². The zero-order chi connectivity index (χ0) is 14.3. The quantitative estimate of drug-likeness (QED) is 0.854. The molecule has 2 fully saturated rings. The van der Waals surface area contributed by atoms with Crippen molar-refractivity contribution in [1.29, 1.82) is 0 Å². The molecule has 2 aliphatic rings. The number of nitrogens with one attached hydrogen (secondary N) is 1. The highest BCUT2D eigenvalue weighted by Crippen LogP contribution is 2.53. The lowest BCUT2D eigenvalue weighted by molar-refractivity contribution is -0.144. The summed E-state index contributed by atoms with van der Waals surface area (Å²) in [5.74, 6) is 0.637. The van der Waals surface area contributed by atoms with Gasteiger partial charge in [-0.15, -0.1) is 0 Å². The Kier molecular flexibility index (Phi) is 3.32. The Labute approximate surface area is 119 Å². The van der Waals surface area contributed by atoms with E-state index in [1.807, 2.05) is 19.9 Å². The highest BCUT2D eigenvalue weighted by molar-refractivity contribution is 5.77. The number of carbonyl (C=O) groups is 1. The standard InChI is InChI=1S/C15H22N2O3/c1-9(2)13(14(18)19-3)12-4-11(17-20-12)10-5-15(6-10)7-16-8-15/h4,9-10,13,16H,5-8H2,1-3H3. The van der Waals surface area contributed by atoms with Crippen molar-refractivity contribution in [1.82, 2.24) is 10.5 Å². The van der Waals surface area contributed by atoms with Gasteiger partial charge in [-0.05, 0) is 24.2 Å². The third-order valence-electron chi connectivity index (χ3n) is 4.75. The van der Waals surface area contributed by atoms with Gasteiger partial charge in [0.2, 0.25) is 0 Å². The molecule has 1 aliphatic carbocycles. The van der Waals surface area contributed by atoms with Crippen LogP contribution >= 0.6 is 0 Å². The second-order valence-corrected chi connectivity index (χ2v) is 6.61. The molecule has 20 heavy (non-hydrogen) atoms. The summed E-state index contributed by atoms with van der Waals surface area (Å²) in [4.78, 5) is 11.9. The fourth-order valence-electron chi connectivity index (χ4n) is 3.45. The molecule has 1 aromatic rings. The van der Waals surface area contributed by atoms with Gasteiger partial charge in [-0.25, -0.2) is 0 Å². The van der Waals surface area contributed by atoms with Crippen LogP contribution in [0.1, 0.15) is 50.0 Å². The summed E-state index contributed by atoms with van der Waals surface area (Å²) in [5.41, 5.74) is 1.51. The summed E-state index contributed by atoms with van der Waals surface area (Å²) in [5, 5.41) is 7.51. The Bertz CT molecular complexity index is 497. The molecule has 5 heteroatoms. The molecule has 1 saturated carbocycles. The minimum Gasteiger partial charge on any atom is -0.468 e. The van der Waals surface area contributed by atoms with Crippen molar-refractivity contribution in [2.75, 3.05) is 20.2 Å². The van der Waals surface area contributed by atoms with Crippen LogP contribution in [0.15, 0.2) is 10.6 Å². The van der Waals surface area contributed by atoms with Crippen molar-refractivity contribution < 1.29 is 14.1 Å². The lowest BCUT2D eigenvalue weighted by Crippen LogP contribution is -2.59. The highest BCUT2D eigenvalue weighted by Gasteiger charge is 2.49. The van der Waals surface area contributed by atoms with Crippen LogP contribution in [0.2, 0.25) is 0 Å². The van der Waals surface area contributed by atoms with E-state index in [0.717, 1.165) is 18.8 Å². The van der Waals surface area contributed by atoms with Crippen LogP contribution in [0.3, 0.4) is 0 Å². The first-order valence-corrected chi connectivity index (χ1v) is 7.30. The van der Waals surface area contributed by atoms with Gasteiger partial charge in [0.25, 0.3) is 0 Å². The maximum absolute atomic E-state index is 11.9. The second kappa shape index (κ2) is 4.88. The van der Waals surface area contributed by atoms with Crippen LogP contribution in [-0.4, -0.2) is 31.3 Å². The van der Waals surface area contributed by atoms with E-state index in [2.05, 4.69) is 10.5 Å². The van der Waals surface area contributed by atoms with Gasteiger partial charge >= 0.3 is 5.97 Å². The summed E-state index contributed by atoms with van der Waals surface area (Å²) < 4.78 is 10.3. The molecule has 1 aliphatic heterocycles. The molecule has 1 aromatic heterocycles. The number of ether oxygens (including phenoxy) is 1. The minimum absolute atomic E-state index is 0.131. The van der Waals surface area contributed by atoms with Crippen LogP contribution in [0.25, 0.3) is 0 Å². The molecular weight excluding hydrogens is 256 g/mol. The smallest absolute Gasteiger partial charge is 0.316 e. The molecule has 1 unspecified atom stereocenters. The second-order valence-electron chi connectivity index (χ2n) is 6.61. The topological polar surface area (TPSA) is 64.4 Å². The van der Waals surface area contributed by atoms with Crippen molar-refractivity contribution >= 4 is 5.97 Å². The monoisotopic (exact) mass is 278 g/mol. The number of nitrogens with zero attached hydrogens (tertiary/aromatic N) is 1. The van der Waals surface area contributed by atoms with E-state index in [1.54, 1.807) is 0 Å². The molecule has 1 N–H and O–H groups in total. The Morgan fingerprint density at radius 2 is 2.20 bits per heavy atom. The van der Waals surface area contributed by atoms with Gasteiger partial charge < -0.3 is 14.6 Å². The largest absolute Gasteiger partial charge is 0.468 e. The first-order chi connectivity index (χ1) is 9.54. The van der Waals surface area contributed by atoms with Gasteiger partial charge in [0.05, 0.1) is 12.8 Å². The predicted molar refractivity (Wildman–Crippen MR) is 73.4 cm³/mol. The molecule has 1 spiro atoms. The predicted octanol–water partition coefficient (Wildman–Crippen LogP) is 2.05. The van der Waals surface area contributed by atoms with E-state index in [9.17, 15) is 4.79 Å². The third kappa shape index (κ3) is 2.14. The van der Waals surface area contributed by atoms with Gasteiger partial charge in [0.1, 0.15) is 5.92 Å². The van der Waals surface area contributed by atoms with Crippen LogP contribution in [-0.2, 0) is 9.53 Å². The highest BCUT2D eigenvalue weighted by atomic mass is 16.5. The molecule has 110 valence electrons. The lowest BCUT2D eigenvalue weighted by Gasteiger charge is -2.53. The summed E-state index contributed by atoms with van der Waals surface area (Å²) in [6.45, 7) is 6.24. The van der Waals surface area contributed by atoms with Gasteiger partial charge in [-0.3, -0.25) is 4.79 Å². The van der Waals surface area contributed by atoms with E-state index >= 15 is 0 Å². The number of carbonyl (C=O) groups excluding carboxylic acids is 1. The Balaban J connectivity index is 1.71. The Hall–Kier alpha value is -1.36. The van der Waals surface area contributed by atoms with Crippen molar-refractivity contribution in [3.63, 3.8) is 0 Å². The molecule has 0 bridgehead atoms. The summed E-state index contributed by atoms with van der Waals surface area (Å²) in [6.07, 6.45) is 2.35. The van der Waals surface area contributed by atoms with E-state index in [0.29, 0.717) is 17.1 Å². The van der Waals surface area contributed by atoms with Gasteiger partial charge in [0.15, 0.2) is 5.76 Å². The van der Waals surface area contributed by atoms with E-state index < -0.39 is 0 Å². The van der Waals surface area contributed by atoms with Gasteiger partial charge in [0, 0.05) is 25.1 Å². The molecule has 5 nitrogen and oxygen atoms in total. The number of rotatable bonds is 4. The number of hydrogen-bond acceptors (Lipinski definition) is 5. The average Bonchev–Trinajstić information content (AvgIpc) is 2.74. The molecule has 0 amide bonds. The Morgan fingerprint density at radius 3 is 2.70 bits per heavy atom. The van der Waals surface area contributed by atoms with Crippen molar-refractivity contribution in [3.8, 4) is 0 Å². The molecule has 0 aromatic carbocycles.